The first-order valence-electron chi connectivity index (χ1n) is 5.66. The normalized spacial score (nSPS) is 24.7. The molecule has 0 aliphatic heterocycles. The largest absolute Gasteiger partial charge is 0.396 e. The average molecular weight is 215 g/mol. The molecule has 0 heterocycles. The molecule has 2 N–H and O–H groups in total. The Balaban J connectivity index is 2.10. The number of nitrogens with zero attached hydrogens (tertiary/aromatic N) is 1. The molecule has 88 valence electrons. The highest BCUT2D eigenvalue weighted by Gasteiger charge is 2.28. The number of rotatable bonds is 6. The average Bonchev–Trinajstić information content (AvgIpc) is 2.15. The highest BCUT2D eigenvalue weighted by Crippen LogP contribution is 2.27. The second-order valence-electron chi connectivity index (χ2n) is 4.45. The van der Waals surface area contributed by atoms with Crippen LogP contribution < -0.4 is 0 Å². The Bertz CT molecular complexity index is 202. The summed E-state index contributed by atoms with van der Waals surface area (Å²) in [4.78, 5) is 13.3. The topological polar surface area (TPSA) is 60.8 Å². The molecule has 0 saturated heterocycles. The zero-order chi connectivity index (χ0) is 11.3. The van der Waals surface area contributed by atoms with Crippen molar-refractivity contribution in [1.82, 2.24) is 4.90 Å². The molecule has 1 rings (SSSR count). The molecule has 0 radical (unpaired) electrons. The summed E-state index contributed by atoms with van der Waals surface area (Å²) in [5.41, 5.74) is 0. The predicted octanol–water partition coefficient (Wildman–Crippen LogP) is 0.378. The van der Waals surface area contributed by atoms with Crippen molar-refractivity contribution in [1.29, 1.82) is 0 Å². The maximum Gasteiger partial charge on any atom is 0.222 e. The Kier molecular flexibility index (Phi) is 5.05. The fraction of sp³-hybridized carbons (Fsp3) is 0.909. The number of unbranched alkanes of at least 4 members (excludes halogenated alkanes) is 1. The number of hydrogen-bond acceptors (Lipinski definition) is 3. The van der Waals surface area contributed by atoms with Crippen LogP contribution in [0.5, 0.6) is 0 Å². The van der Waals surface area contributed by atoms with Gasteiger partial charge in [-0.15, -0.1) is 0 Å². The van der Waals surface area contributed by atoms with E-state index in [1.54, 1.807) is 4.90 Å². The Labute approximate surface area is 90.9 Å². The number of aliphatic hydroxyl groups excluding tert-OH is 2. The van der Waals surface area contributed by atoms with Gasteiger partial charge in [-0.1, -0.05) is 0 Å². The standard InChI is InChI=1S/C11H21NO3/c1-12(8-9-6-10(14)7-9)11(15)4-2-3-5-13/h9-10,13-14H,2-8H2,1H3. The summed E-state index contributed by atoms with van der Waals surface area (Å²) in [6, 6.07) is 0. The molecule has 0 unspecified atom stereocenters. The lowest BCUT2D eigenvalue weighted by molar-refractivity contribution is -0.131. The number of amides is 1. The summed E-state index contributed by atoms with van der Waals surface area (Å²) in [6.45, 7) is 0.917. The maximum atomic E-state index is 11.6. The van der Waals surface area contributed by atoms with Crippen LogP contribution in [0.3, 0.4) is 0 Å². The van der Waals surface area contributed by atoms with E-state index in [1.807, 2.05) is 7.05 Å². The van der Waals surface area contributed by atoms with Crippen molar-refractivity contribution in [2.24, 2.45) is 5.92 Å². The molecule has 0 bridgehead atoms. The van der Waals surface area contributed by atoms with Crippen molar-refractivity contribution in [2.75, 3.05) is 20.2 Å². The molecule has 4 nitrogen and oxygen atoms in total. The molecule has 0 spiro atoms. The molecular formula is C11H21NO3. The summed E-state index contributed by atoms with van der Waals surface area (Å²) in [7, 11) is 1.81. The van der Waals surface area contributed by atoms with Crippen LogP contribution in [0.15, 0.2) is 0 Å². The highest BCUT2D eigenvalue weighted by molar-refractivity contribution is 5.75. The van der Waals surface area contributed by atoms with Gasteiger partial charge in [-0.3, -0.25) is 4.79 Å². The van der Waals surface area contributed by atoms with Crippen LogP contribution in [0.1, 0.15) is 32.1 Å². The van der Waals surface area contributed by atoms with E-state index < -0.39 is 0 Å². The Morgan fingerprint density at radius 1 is 1.40 bits per heavy atom. The van der Waals surface area contributed by atoms with Gasteiger partial charge in [-0.05, 0) is 31.6 Å². The smallest absolute Gasteiger partial charge is 0.222 e. The van der Waals surface area contributed by atoms with E-state index in [0.29, 0.717) is 18.8 Å². The SMILES string of the molecule is CN(CC1CC(O)C1)C(=O)CCCCO. The van der Waals surface area contributed by atoms with E-state index in [9.17, 15) is 4.79 Å². The highest BCUT2D eigenvalue weighted by atomic mass is 16.3. The summed E-state index contributed by atoms with van der Waals surface area (Å²) in [5, 5.41) is 17.7. The van der Waals surface area contributed by atoms with E-state index in [1.165, 1.54) is 0 Å². The lowest BCUT2D eigenvalue weighted by atomic mass is 9.82. The first-order valence-corrected chi connectivity index (χ1v) is 5.66. The first-order chi connectivity index (χ1) is 7.13. The zero-order valence-corrected chi connectivity index (χ0v) is 9.35. The molecule has 0 aromatic carbocycles. The third-order valence-electron chi connectivity index (χ3n) is 2.97. The van der Waals surface area contributed by atoms with Gasteiger partial charge < -0.3 is 15.1 Å². The van der Waals surface area contributed by atoms with E-state index in [-0.39, 0.29) is 18.6 Å². The lowest BCUT2D eigenvalue weighted by Crippen LogP contribution is -2.39. The third kappa shape index (κ3) is 4.18. The van der Waals surface area contributed by atoms with E-state index >= 15 is 0 Å². The second-order valence-corrected chi connectivity index (χ2v) is 4.45. The minimum Gasteiger partial charge on any atom is -0.396 e. The van der Waals surface area contributed by atoms with Crippen molar-refractivity contribution in [3.8, 4) is 0 Å². The first kappa shape index (κ1) is 12.5. The molecule has 0 aromatic rings. The van der Waals surface area contributed by atoms with Gasteiger partial charge in [0.15, 0.2) is 0 Å². The quantitative estimate of drug-likeness (QED) is 0.630. The van der Waals surface area contributed by atoms with Crippen LogP contribution in [0.2, 0.25) is 0 Å². The molecule has 15 heavy (non-hydrogen) atoms. The van der Waals surface area contributed by atoms with Crippen molar-refractivity contribution in [3.63, 3.8) is 0 Å². The Morgan fingerprint density at radius 3 is 2.60 bits per heavy atom. The van der Waals surface area contributed by atoms with Crippen molar-refractivity contribution in [3.05, 3.63) is 0 Å². The van der Waals surface area contributed by atoms with E-state index in [0.717, 1.165) is 25.8 Å². The molecule has 1 saturated carbocycles. The van der Waals surface area contributed by atoms with Crippen molar-refractivity contribution in [2.45, 2.75) is 38.2 Å². The number of aliphatic hydroxyl groups is 2. The minimum atomic E-state index is -0.145. The maximum absolute atomic E-state index is 11.6. The molecule has 1 aliphatic carbocycles. The van der Waals surface area contributed by atoms with Crippen LogP contribution in [0, 0.1) is 5.92 Å². The van der Waals surface area contributed by atoms with Crippen LogP contribution in [-0.4, -0.2) is 47.3 Å². The second kappa shape index (κ2) is 6.08. The van der Waals surface area contributed by atoms with Crippen LogP contribution in [0.4, 0.5) is 0 Å². The van der Waals surface area contributed by atoms with E-state index in [4.69, 9.17) is 10.2 Å². The number of hydrogen-bond donors (Lipinski definition) is 2. The predicted molar refractivity (Wildman–Crippen MR) is 57.3 cm³/mol. The van der Waals surface area contributed by atoms with E-state index in [2.05, 4.69) is 0 Å². The van der Waals surface area contributed by atoms with Gasteiger partial charge >= 0.3 is 0 Å². The van der Waals surface area contributed by atoms with Gasteiger partial charge in [0.05, 0.1) is 6.10 Å². The van der Waals surface area contributed by atoms with Crippen molar-refractivity contribution < 1.29 is 15.0 Å². The van der Waals surface area contributed by atoms with Gasteiger partial charge in [-0.2, -0.15) is 0 Å². The summed E-state index contributed by atoms with van der Waals surface area (Å²) < 4.78 is 0. The van der Waals surface area contributed by atoms with Crippen LogP contribution in [-0.2, 0) is 4.79 Å². The van der Waals surface area contributed by atoms with Crippen molar-refractivity contribution >= 4 is 5.91 Å². The molecular weight excluding hydrogens is 194 g/mol. The lowest BCUT2D eigenvalue weighted by Gasteiger charge is -2.34. The summed E-state index contributed by atoms with van der Waals surface area (Å²) >= 11 is 0. The minimum absolute atomic E-state index is 0.143. The number of carbonyl (C=O) groups is 1. The fourth-order valence-corrected chi connectivity index (χ4v) is 1.92. The fourth-order valence-electron chi connectivity index (χ4n) is 1.92. The monoisotopic (exact) mass is 215 g/mol. The molecule has 1 amide bonds. The van der Waals surface area contributed by atoms with Gasteiger partial charge in [0.2, 0.25) is 5.91 Å². The Hall–Kier alpha value is -0.610. The van der Waals surface area contributed by atoms with Gasteiger partial charge in [0.25, 0.3) is 0 Å². The molecule has 0 aromatic heterocycles. The zero-order valence-electron chi connectivity index (χ0n) is 9.35. The van der Waals surface area contributed by atoms with Gasteiger partial charge in [-0.25, -0.2) is 0 Å². The summed E-state index contributed by atoms with van der Waals surface area (Å²) in [5.74, 6) is 0.622. The molecule has 1 fully saturated rings. The van der Waals surface area contributed by atoms with Gasteiger partial charge in [0.1, 0.15) is 0 Å². The van der Waals surface area contributed by atoms with Crippen LogP contribution in [0.25, 0.3) is 0 Å². The molecule has 4 heteroatoms. The molecule has 1 aliphatic rings. The number of carbonyl (C=O) groups excluding carboxylic acids is 1. The summed E-state index contributed by atoms with van der Waals surface area (Å²) in [6.07, 6.45) is 3.48. The third-order valence-corrected chi connectivity index (χ3v) is 2.97. The van der Waals surface area contributed by atoms with Gasteiger partial charge in [0, 0.05) is 26.6 Å². The Morgan fingerprint density at radius 2 is 2.07 bits per heavy atom. The molecule has 0 atom stereocenters. The van der Waals surface area contributed by atoms with Crippen LogP contribution >= 0.6 is 0 Å².